The normalized spacial score (nSPS) is 33.2. The van der Waals surface area contributed by atoms with Crippen LogP contribution in [-0.4, -0.2) is 28.7 Å². The molecule has 0 bridgehead atoms. The number of piperidine rings is 1. The molecule has 3 atom stereocenters. The molecule has 3 rings (SSSR count). The van der Waals surface area contributed by atoms with E-state index in [0.29, 0.717) is 6.54 Å². The van der Waals surface area contributed by atoms with E-state index >= 15 is 0 Å². The second-order valence-corrected chi connectivity index (χ2v) is 6.33. The molecule has 1 N–H and O–H groups in total. The van der Waals surface area contributed by atoms with Gasteiger partial charge in [-0.25, -0.2) is 4.39 Å². The standard InChI is InChI=1S/C17H21FN2O/c18-14-6-4-13(5-7-14)16-15-3-1-2-8-17(15,21)9-11-20(16)12-10-19/h4-7,15-16,21H,1-3,8-9,11-12H2/t15-,16-,17-/m1/s1. The Kier molecular flexibility index (Phi) is 3.97. The van der Waals surface area contributed by atoms with Crippen molar-refractivity contribution >= 4 is 0 Å². The maximum absolute atomic E-state index is 13.2. The van der Waals surface area contributed by atoms with Gasteiger partial charge in [-0.15, -0.1) is 0 Å². The summed E-state index contributed by atoms with van der Waals surface area (Å²) in [6.07, 6.45) is 4.74. The predicted molar refractivity (Wildman–Crippen MR) is 77.9 cm³/mol. The second kappa shape index (κ2) is 5.75. The highest BCUT2D eigenvalue weighted by atomic mass is 19.1. The van der Waals surface area contributed by atoms with Crippen molar-refractivity contribution in [1.29, 1.82) is 5.26 Å². The number of likely N-dealkylation sites (tertiary alicyclic amines) is 1. The molecule has 1 aromatic rings. The van der Waals surface area contributed by atoms with Crippen molar-refractivity contribution in [2.24, 2.45) is 5.92 Å². The number of hydrogen-bond acceptors (Lipinski definition) is 3. The predicted octanol–water partition coefficient (Wildman–Crippen LogP) is 3.02. The number of hydrogen-bond donors (Lipinski definition) is 1. The van der Waals surface area contributed by atoms with Gasteiger partial charge >= 0.3 is 0 Å². The van der Waals surface area contributed by atoms with E-state index in [4.69, 9.17) is 5.26 Å². The van der Waals surface area contributed by atoms with Gasteiger partial charge in [-0.3, -0.25) is 4.90 Å². The third-order valence-corrected chi connectivity index (χ3v) is 5.16. The molecule has 1 aliphatic heterocycles. The molecule has 1 aromatic carbocycles. The van der Waals surface area contributed by atoms with Gasteiger partial charge in [0.15, 0.2) is 0 Å². The molecule has 112 valence electrons. The molecule has 0 aromatic heterocycles. The van der Waals surface area contributed by atoms with Gasteiger partial charge in [-0.2, -0.15) is 5.26 Å². The van der Waals surface area contributed by atoms with Crippen LogP contribution in [-0.2, 0) is 0 Å². The minimum absolute atomic E-state index is 0.0179. The fraction of sp³-hybridized carbons (Fsp3) is 0.588. The highest BCUT2D eigenvalue weighted by molar-refractivity contribution is 5.24. The van der Waals surface area contributed by atoms with Crippen molar-refractivity contribution in [3.63, 3.8) is 0 Å². The van der Waals surface area contributed by atoms with Gasteiger partial charge in [0.05, 0.1) is 18.2 Å². The van der Waals surface area contributed by atoms with Crippen LogP contribution in [0.2, 0.25) is 0 Å². The van der Waals surface area contributed by atoms with Gasteiger partial charge in [-0.05, 0) is 37.0 Å². The molecule has 1 heterocycles. The topological polar surface area (TPSA) is 47.3 Å². The van der Waals surface area contributed by atoms with Crippen molar-refractivity contribution in [1.82, 2.24) is 4.90 Å². The Labute approximate surface area is 125 Å². The molecular formula is C17H21FN2O. The summed E-state index contributed by atoms with van der Waals surface area (Å²) in [6.45, 7) is 1.08. The maximum atomic E-state index is 13.2. The first-order chi connectivity index (χ1) is 10.1. The monoisotopic (exact) mass is 288 g/mol. The Balaban J connectivity index is 1.96. The molecule has 0 unspecified atom stereocenters. The van der Waals surface area contributed by atoms with E-state index < -0.39 is 5.60 Å². The Hall–Kier alpha value is -1.44. The molecule has 0 spiro atoms. The van der Waals surface area contributed by atoms with Crippen molar-refractivity contribution in [3.8, 4) is 6.07 Å². The van der Waals surface area contributed by atoms with Crippen LogP contribution < -0.4 is 0 Å². The molecule has 3 nitrogen and oxygen atoms in total. The molecule has 0 radical (unpaired) electrons. The van der Waals surface area contributed by atoms with E-state index in [-0.39, 0.29) is 17.8 Å². The van der Waals surface area contributed by atoms with Crippen molar-refractivity contribution in [2.45, 2.75) is 43.7 Å². The van der Waals surface area contributed by atoms with Crippen LogP contribution in [0.4, 0.5) is 4.39 Å². The zero-order chi connectivity index (χ0) is 14.9. The summed E-state index contributed by atoms with van der Waals surface area (Å²) in [5, 5.41) is 20.1. The van der Waals surface area contributed by atoms with E-state index in [2.05, 4.69) is 11.0 Å². The first kappa shape index (κ1) is 14.5. The first-order valence-corrected chi connectivity index (χ1v) is 7.73. The number of aliphatic hydroxyl groups is 1. The summed E-state index contributed by atoms with van der Waals surface area (Å²) < 4.78 is 13.2. The Morgan fingerprint density at radius 2 is 2.05 bits per heavy atom. The van der Waals surface area contributed by atoms with Crippen LogP contribution in [0.5, 0.6) is 0 Å². The smallest absolute Gasteiger partial charge is 0.123 e. The van der Waals surface area contributed by atoms with Gasteiger partial charge in [0.25, 0.3) is 0 Å². The van der Waals surface area contributed by atoms with E-state index in [1.807, 2.05) is 0 Å². The van der Waals surface area contributed by atoms with E-state index in [0.717, 1.165) is 44.2 Å². The van der Waals surface area contributed by atoms with Crippen molar-refractivity contribution in [3.05, 3.63) is 35.6 Å². The minimum Gasteiger partial charge on any atom is -0.389 e. The highest BCUT2D eigenvalue weighted by Crippen LogP contribution is 2.49. The second-order valence-electron chi connectivity index (χ2n) is 6.33. The third kappa shape index (κ3) is 2.68. The number of nitriles is 1. The maximum Gasteiger partial charge on any atom is 0.123 e. The molecule has 2 aliphatic rings. The molecule has 2 fully saturated rings. The molecule has 4 heteroatoms. The molecule has 21 heavy (non-hydrogen) atoms. The third-order valence-electron chi connectivity index (χ3n) is 5.16. The average Bonchev–Trinajstić information content (AvgIpc) is 2.49. The summed E-state index contributed by atoms with van der Waals surface area (Å²) in [6, 6.07) is 8.77. The summed E-state index contributed by atoms with van der Waals surface area (Å²) in [5.41, 5.74) is 0.389. The van der Waals surface area contributed by atoms with E-state index in [9.17, 15) is 9.50 Å². The summed E-state index contributed by atoms with van der Waals surface area (Å²) in [5.74, 6) is -0.112. The lowest BCUT2D eigenvalue weighted by Crippen LogP contribution is -2.54. The minimum atomic E-state index is -0.622. The quantitative estimate of drug-likeness (QED) is 0.851. The van der Waals surface area contributed by atoms with Crippen LogP contribution in [0.1, 0.15) is 43.7 Å². The summed E-state index contributed by atoms with van der Waals surface area (Å²) >= 11 is 0. The number of fused-ring (bicyclic) bond motifs is 1. The fourth-order valence-electron chi connectivity index (χ4n) is 4.11. The van der Waals surface area contributed by atoms with Crippen LogP contribution in [0.15, 0.2) is 24.3 Å². The number of rotatable bonds is 2. The van der Waals surface area contributed by atoms with Gasteiger partial charge < -0.3 is 5.11 Å². The molecule has 1 saturated heterocycles. The Bertz CT molecular complexity index is 539. The highest BCUT2D eigenvalue weighted by Gasteiger charge is 2.48. The largest absolute Gasteiger partial charge is 0.389 e. The lowest BCUT2D eigenvalue weighted by molar-refractivity contribution is -0.121. The van der Waals surface area contributed by atoms with Crippen LogP contribution in [0.3, 0.4) is 0 Å². The zero-order valence-electron chi connectivity index (χ0n) is 12.1. The SMILES string of the molecule is N#CCN1CC[C@]2(O)CCCC[C@@H]2[C@H]1c1ccc(F)cc1. The Morgan fingerprint density at radius 3 is 2.76 bits per heavy atom. The Morgan fingerprint density at radius 1 is 1.29 bits per heavy atom. The number of benzene rings is 1. The lowest BCUT2D eigenvalue weighted by Gasteiger charge is -2.52. The van der Waals surface area contributed by atoms with Gasteiger partial charge in [0.1, 0.15) is 5.82 Å². The average molecular weight is 288 g/mol. The molecular weight excluding hydrogens is 267 g/mol. The van der Waals surface area contributed by atoms with Gasteiger partial charge in [0, 0.05) is 18.5 Å². The molecule has 0 amide bonds. The number of nitrogens with zero attached hydrogens (tertiary/aromatic N) is 2. The van der Waals surface area contributed by atoms with Crippen LogP contribution in [0, 0.1) is 23.1 Å². The molecule has 1 saturated carbocycles. The van der Waals surface area contributed by atoms with Crippen molar-refractivity contribution < 1.29 is 9.50 Å². The van der Waals surface area contributed by atoms with Crippen LogP contribution >= 0.6 is 0 Å². The van der Waals surface area contributed by atoms with E-state index in [1.165, 1.54) is 12.1 Å². The summed E-state index contributed by atoms with van der Waals surface area (Å²) in [4.78, 5) is 2.14. The van der Waals surface area contributed by atoms with Crippen molar-refractivity contribution in [2.75, 3.05) is 13.1 Å². The summed E-state index contributed by atoms with van der Waals surface area (Å²) in [7, 11) is 0. The van der Waals surface area contributed by atoms with E-state index in [1.54, 1.807) is 12.1 Å². The zero-order valence-corrected chi connectivity index (χ0v) is 12.1. The fourth-order valence-corrected chi connectivity index (χ4v) is 4.11. The van der Waals surface area contributed by atoms with Gasteiger partial charge in [-0.1, -0.05) is 25.0 Å². The van der Waals surface area contributed by atoms with Gasteiger partial charge in [0.2, 0.25) is 0 Å². The lowest BCUT2D eigenvalue weighted by atomic mass is 9.66. The molecule has 1 aliphatic carbocycles. The van der Waals surface area contributed by atoms with Crippen LogP contribution in [0.25, 0.3) is 0 Å². The first-order valence-electron chi connectivity index (χ1n) is 7.73. The number of halogens is 1.